The molecule has 5 aromatic carbocycles. The average molecular weight is 580 g/mol. The lowest BCUT2D eigenvalue weighted by atomic mass is 9.75. The fourth-order valence-electron chi connectivity index (χ4n) is 7.13. The van der Waals surface area contributed by atoms with Crippen LogP contribution in [0.2, 0.25) is 0 Å². The highest BCUT2D eigenvalue weighted by Crippen LogP contribution is 2.47. The van der Waals surface area contributed by atoms with Gasteiger partial charge in [0.05, 0.1) is 17.1 Å². The van der Waals surface area contributed by atoms with Crippen LogP contribution in [0.4, 0.5) is 0 Å². The van der Waals surface area contributed by atoms with E-state index in [4.69, 9.17) is 4.98 Å². The predicted octanol–water partition coefficient (Wildman–Crippen LogP) is 10.2. The van der Waals surface area contributed by atoms with Crippen molar-refractivity contribution in [1.82, 2.24) is 15.3 Å². The molecular weight excluding hydrogens is 546 g/mol. The molecule has 3 heterocycles. The van der Waals surface area contributed by atoms with E-state index in [1.807, 2.05) is 24.5 Å². The van der Waals surface area contributed by atoms with E-state index in [9.17, 15) is 0 Å². The topological polar surface area (TPSA) is 37.8 Å². The van der Waals surface area contributed by atoms with Crippen molar-refractivity contribution in [2.24, 2.45) is 0 Å². The maximum Gasteiger partial charge on any atom is 0.0970 e. The van der Waals surface area contributed by atoms with Crippen LogP contribution in [0, 0.1) is 0 Å². The van der Waals surface area contributed by atoms with Gasteiger partial charge >= 0.3 is 0 Å². The Bertz CT molecular complexity index is 2180. The number of allylic oxidation sites excluding steroid dienone is 1. The standard InChI is InChI=1S/C42H33N3/c1-2-33(28-14-5-3-6-15-28)41-35-22-10-9-21-34(35)38(39(45-41)29-16-7-4-8-17-29)31-19-11-18-30(26-31)37-27-32-20-12-24-43-40(32)42-36(37)23-13-25-44-42/h3-27,38-39,45H,2H2,1H3/b41-33+. The van der Waals surface area contributed by atoms with Crippen LogP contribution in [-0.4, -0.2) is 9.97 Å². The van der Waals surface area contributed by atoms with Crippen LogP contribution < -0.4 is 5.32 Å². The summed E-state index contributed by atoms with van der Waals surface area (Å²) in [5, 5.41) is 6.31. The number of pyridine rings is 2. The summed E-state index contributed by atoms with van der Waals surface area (Å²) in [6, 6.07) is 50.4. The van der Waals surface area contributed by atoms with Crippen molar-refractivity contribution in [2.45, 2.75) is 25.3 Å². The van der Waals surface area contributed by atoms with E-state index in [1.165, 1.54) is 50.2 Å². The van der Waals surface area contributed by atoms with Gasteiger partial charge in [-0.2, -0.15) is 0 Å². The summed E-state index contributed by atoms with van der Waals surface area (Å²) in [5.74, 6) is 0.104. The molecule has 2 atom stereocenters. The molecule has 45 heavy (non-hydrogen) atoms. The molecule has 0 radical (unpaired) electrons. The molecule has 7 aromatic rings. The summed E-state index contributed by atoms with van der Waals surface area (Å²) >= 11 is 0. The Labute approximate surface area is 264 Å². The molecule has 0 spiro atoms. The second-order valence-electron chi connectivity index (χ2n) is 11.7. The molecule has 2 aromatic heterocycles. The smallest absolute Gasteiger partial charge is 0.0970 e. The van der Waals surface area contributed by atoms with E-state index < -0.39 is 0 Å². The number of benzene rings is 5. The van der Waals surface area contributed by atoms with Gasteiger partial charge in [-0.3, -0.25) is 9.97 Å². The third-order valence-electron chi connectivity index (χ3n) is 9.15. The van der Waals surface area contributed by atoms with Crippen LogP contribution in [0.15, 0.2) is 152 Å². The van der Waals surface area contributed by atoms with Crippen molar-refractivity contribution in [3.63, 3.8) is 0 Å². The third-order valence-corrected chi connectivity index (χ3v) is 9.15. The maximum absolute atomic E-state index is 4.77. The Morgan fingerprint density at radius 2 is 1.33 bits per heavy atom. The van der Waals surface area contributed by atoms with Gasteiger partial charge in [0.15, 0.2) is 0 Å². The summed E-state index contributed by atoms with van der Waals surface area (Å²) in [4.78, 5) is 9.45. The predicted molar refractivity (Wildman–Crippen MR) is 187 cm³/mol. The van der Waals surface area contributed by atoms with Gasteiger partial charge in [0.2, 0.25) is 0 Å². The number of fused-ring (bicyclic) bond motifs is 4. The van der Waals surface area contributed by atoms with E-state index in [1.54, 1.807) is 0 Å². The number of nitrogens with one attached hydrogen (secondary N) is 1. The Morgan fingerprint density at radius 1 is 0.622 bits per heavy atom. The molecule has 0 saturated heterocycles. The van der Waals surface area contributed by atoms with Crippen LogP contribution in [0.1, 0.15) is 53.1 Å². The highest BCUT2D eigenvalue weighted by molar-refractivity contribution is 6.10. The number of hydrogen-bond donors (Lipinski definition) is 1. The molecule has 1 aliphatic rings. The van der Waals surface area contributed by atoms with E-state index >= 15 is 0 Å². The Kier molecular flexibility index (Phi) is 6.92. The highest BCUT2D eigenvalue weighted by Gasteiger charge is 2.35. The first kappa shape index (κ1) is 27.0. The lowest BCUT2D eigenvalue weighted by Crippen LogP contribution is -2.33. The lowest BCUT2D eigenvalue weighted by molar-refractivity contribution is 0.543. The van der Waals surface area contributed by atoms with Gasteiger partial charge in [0.1, 0.15) is 0 Å². The first-order valence-corrected chi connectivity index (χ1v) is 15.7. The van der Waals surface area contributed by atoms with Crippen LogP contribution in [-0.2, 0) is 0 Å². The number of rotatable bonds is 5. The van der Waals surface area contributed by atoms with Crippen molar-refractivity contribution in [3.05, 3.63) is 180 Å². The number of aromatic nitrogens is 2. The fraction of sp³-hybridized carbons (Fsp3) is 0.0952. The first-order chi connectivity index (χ1) is 22.3. The molecule has 8 rings (SSSR count). The second-order valence-corrected chi connectivity index (χ2v) is 11.7. The molecule has 0 saturated carbocycles. The van der Waals surface area contributed by atoms with E-state index in [-0.39, 0.29) is 12.0 Å². The van der Waals surface area contributed by atoms with Gasteiger partial charge in [0, 0.05) is 40.3 Å². The zero-order chi connectivity index (χ0) is 30.2. The Balaban J connectivity index is 1.35. The minimum Gasteiger partial charge on any atom is -0.377 e. The lowest BCUT2D eigenvalue weighted by Gasteiger charge is -2.39. The maximum atomic E-state index is 4.77. The number of nitrogens with zero attached hydrogens (tertiary/aromatic N) is 2. The van der Waals surface area contributed by atoms with Gasteiger partial charge in [-0.05, 0) is 63.6 Å². The quantitative estimate of drug-likeness (QED) is 0.206. The minimum atomic E-state index is 0.0517. The van der Waals surface area contributed by atoms with E-state index in [0.29, 0.717) is 0 Å². The molecule has 1 aliphatic heterocycles. The molecule has 0 amide bonds. The summed E-state index contributed by atoms with van der Waals surface area (Å²) in [7, 11) is 0. The summed E-state index contributed by atoms with van der Waals surface area (Å²) in [6.07, 6.45) is 4.63. The molecule has 0 fully saturated rings. The Morgan fingerprint density at radius 3 is 2.16 bits per heavy atom. The normalized spacial score (nSPS) is 17.1. The van der Waals surface area contributed by atoms with Crippen molar-refractivity contribution < 1.29 is 0 Å². The van der Waals surface area contributed by atoms with Crippen LogP contribution >= 0.6 is 0 Å². The van der Waals surface area contributed by atoms with Gasteiger partial charge in [0.25, 0.3) is 0 Å². The van der Waals surface area contributed by atoms with Crippen LogP contribution in [0.25, 0.3) is 44.2 Å². The fourth-order valence-corrected chi connectivity index (χ4v) is 7.13. The molecule has 0 bridgehead atoms. The minimum absolute atomic E-state index is 0.0517. The van der Waals surface area contributed by atoms with Crippen molar-refractivity contribution in [2.75, 3.05) is 0 Å². The molecule has 0 aliphatic carbocycles. The van der Waals surface area contributed by atoms with Crippen molar-refractivity contribution >= 4 is 33.1 Å². The third kappa shape index (κ3) is 4.78. The molecule has 1 N–H and O–H groups in total. The molecule has 3 nitrogen and oxygen atoms in total. The Hall–Kier alpha value is -5.54. The first-order valence-electron chi connectivity index (χ1n) is 15.7. The van der Waals surface area contributed by atoms with Gasteiger partial charge in [-0.25, -0.2) is 0 Å². The SMILES string of the molecule is CC/C(=C1\NC(c2ccccc2)C(c2cccc(-c3cc4cccnc4c4ncccc34)c2)c2ccccc21)c1ccccc1. The largest absolute Gasteiger partial charge is 0.377 e. The van der Waals surface area contributed by atoms with Gasteiger partial charge < -0.3 is 5.32 Å². The van der Waals surface area contributed by atoms with Crippen LogP contribution in [0.3, 0.4) is 0 Å². The zero-order valence-electron chi connectivity index (χ0n) is 25.2. The van der Waals surface area contributed by atoms with Crippen LogP contribution in [0.5, 0.6) is 0 Å². The molecule has 3 heteroatoms. The molecular formula is C42H33N3. The van der Waals surface area contributed by atoms with E-state index in [2.05, 4.69) is 145 Å². The molecule has 216 valence electrons. The summed E-state index contributed by atoms with van der Waals surface area (Å²) in [5.41, 5.74) is 13.2. The summed E-state index contributed by atoms with van der Waals surface area (Å²) in [6.45, 7) is 2.25. The van der Waals surface area contributed by atoms with E-state index in [0.717, 1.165) is 28.2 Å². The zero-order valence-corrected chi connectivity index (χ0v) is 25.2. The average Bonchev–Trinajstić information content (AvgIpc) is 3.12. The summed E-state index contributed by atoms with van der Waals surface area (Å²) < 4.78 is 0. The second kappa shape index (κ2) is 11.5. The monoisotopic (exact) mass is 579 g/mol. The van der Waals surface area contributed by atoms with Gasteiger partial charge in [-0.15, -0.1) is 0 Å². The van der Waals surface area contributed by atoms with Crippen molar-refractivity contribution in [1.29, 1.82) is 0 Å². The number of hydrogen-bond acceptors (Lipinski definition) is 3. The van der Waals surface area contributed by atoms with Crippen molar-refractivity contribution in [3.8, 4) is 11.1 Å². The highest BCUT2D eigenvalue weighted by atomic mass is 15.0. The van der Waals surface area contributed by atoms with Gasteiger partial charge in [-0.1, -0.05) is 128 Å². The molecule has 2 unspecified atom stereocenters.